The summed E-state index contributed by atoms with van der Waals surface area (Å²) in [5.41, 5.74) is 2.17. The molecule has 0 atom stereocenters. The Morgan fingerprint density at radius 1 is 0.968 bits per heavy atom. The minimum absolute atomic E-state index is 0.0395. The number of nitrogens with one attached hydrogen (secondary N) is 1. The van der Waals surface area contributed by atoms with E-state index in [1.165, 1.54) is 23.5 Å². The molecule has 162 valence electrons. The summed E-state index contributed by atoms with van der Waals surface area (Å²) in [6.07, 6.45) is -0.0523. The Hall–Kier alpha value is -3.32. The van der Waals surface area contributed by atoms with E-state index in [-0.39, 0.29) is 16.6 Å². The molecule has 7 heteroatoms. The smallest absolute Gasteiger partial charge is 0.264 e. The summed E-state index contributed by atoms with van der Waals surface area (Å²) in [5, 5.41) is 2.81. The average Bonchev–Trinajstić information content (AvgIpc) is 2.74. The van der Waals surface area contributed by atoms with Crippen LogP contribution in [0.2, 0.25) is 0 Å². The van der Waals surface area contributed by atoms with E-state index in [2.05, 4.69) is 5.32 Å². The van der Waals surface area contributed by atoms with Gasteiger partial charge in [0.1, 0.15) is 5.75 Å². The summed E-state index contributed by atoms with van der Waals surface area (Å²) >= 11 is 0. The quantitative estimate of drug-likeness (QED) is 0.572. The Morgan fingerprint density at radius 2 is 1.65 bits per heavy atom. The number of anilines is 2. The largest absolute Gasteiger partial charge is 0.489 e. The molecule has 0 heterocycles. The molecular formula is C24H26N2O4S. The van der Waals surface area contributed by atoms with Crippen LogP contribution in [0.1, 0.15) is 29.8 Å². The molecule has 0 saturated heterocycles. The highest BCUT2D eigenvalue weighted by Gasteiger charge is 2.23. The molecule has 0 aliphatic rings. The highest BCUT2D eigenvalue weighted by atomic mass is 32.2. The number of para-hydroxylation sites is 3. The first-order valence-electron chi connectivity index (χ1n) is 9.92. The van der Waals surface area contributed by atoms with Crippen molar-refractivity contribution in [3.8, 4) is 5.75 Å². The van der Waals surface area contributed by atoms with E-state index >= 15 is 0 Å². The first kappa shape index (κ1) is 22.4. The Labute approximate surface area is 183 Å². The van der Waals surface area contributed by atoms with E-state index in [0.717, 1.165) is 5.56 Å². The lowest BCUT2D eigenvalue weighted by Gasteiger charge is -2.21. The molecule has 0 spiro atoms. The second kappa shape index (κ2) is 9.22. The predicted octanol–water partition coefficient (Wildman–Crippen LogP) is 4.86. The normalized spacial score (nSPS) is 11.3. The molecule has 3 aromatic carbocycles. The number of benzene rings is 3. The lowest BCUT2D eigenvalue weighted by atomic mass is 10.2. The fraction of sp³-hybridized carbons (Fsp3) is 0.208. The van der Waals surface area contributed by atoms with E-state index in [1.54, 1.807) is 42.5 Å². The lowest BCUT2D eigenvalue weighted by Crippen LogP contribution is -2.27. The van der Waals surface area contributed by atoms with Gasteiger partial charge in [0.05, 0.1) is 22.4 Å². The molecule has 0 aliphatic heterocycles. The van der Waals surface area contributed by atoms with E-state index in [0.29, 0.717) is 17.1 Å². The van der Waals surface area contributed by atoms with E-state index in [9.17, 15) is 13.2 Å². The van der Waals surface area contributed by atoms with Crippen LogP contribution in [-0.4, -0.2) is 27.5 Å². The van der Waals surface area contributed by atoms with E-state index in [1.807, 2.05) is 39.0 Å². The first-order chi connectivity index (χ1) is 14.7. The number of hydrogen-bond acceptors (Lipinski definition) is 4. The van der Waals surface area contributed by atoms with Crippen molar-refractivity contribution in [2.75, 3.05) is 16.7 Å². The third kappa shape index (κ3) is 5.06. The van der Waals surface area contributed by atoms with Gasteiger partial charge in [-0.05, 0) is 62.7 Å². The van der Waals surface area contributed by atoms with Gasteiger partial charge >= 0.3 is 0 Å². The van der Waals surface area contributed by atoms with Crippen LogP contribution >= 0.6 is 0 Å². The number of nitrogens with zero attached hydrogens (tertiary/aromatic N) is 1. The van der Waals surface area contributed by atoms with Crippen LogP contribution < -0.4 is 14.4 Å². The lowest BCUT2D eigenvalue weighted by molar-refractivity contribution is 0.102. The zero-order valence-corrected chi connectivity index (χ0v) is 18.8. The third-order valence-electron chi connectivity index (χ3n) is 4.71. The molecule has 0 radical (unpaired) electrons. The molecule has 1 N–H and O–H groups in total. The molecular weight excluding hydrogens is 412 g/mol. The van der Waals surface area contributed by atoms with E-state index in [4.69, 9.17) is 4.74 Å². The van der Waals surface area contributed by atoms with Crippen molar-refractivity contribution in [2.45, 2.75) is 31.8 Å². The zero-order chi connectivity index (χ0) is 22.6. The number of ether oxygens (including phenoxy) is 1. The Kier molecular flexibility index (Phi) is 6.65. The van der Waals surface area contributed by atoms with Gasteiger partial charge in [0.15, 0.2) is 0 Å². The van der Waals surface area contributed by atoms with Crippen LogP contribution in [0.5, 0.6) is 5.75 Å². The zero-order valence-electron chi connectivity index (χ0n) is 18.0. The van der Waals surface area contributed by atoms with Gasteiger partial charge < -0.3 is 10.1 Å². The molecule has 0 bridgehead atoms. The minimum atomic E-state index is -3.84. The van der Waals surface area contributed by atoms with Crippen molar-refractivity contribution >= 4 is 27.3 Å². The summed E-state index contributed by atoms with van der Waals surface area (Å²) in [5.74, 6) is 0.129. The Balaban J connectivity index is 1.88. The van der Waals surface area contributed by atoms with Crippen molar-refractivity contribution in [3.63, 3.8) is 0 Å². The van der Waals surface area contributed by atoms with Gasteiger partial charge in [0.25, 0.3) is 15.9 Å². The summed E-state index contributed by atoms with van der Waals surface area (Å²) in [4.78, 5) is 12.9. The molecule has 0 aliphatic carbocycles. The van der Waals surface area contributed by atoms with Crippen molar-refractivity contribution in [1.82, 2.24) is 0 Å². The molecule has 3 rings (SSSR count). The van der Waals surface area contributed by atoms with Crippen LogP contribution in [-0.2, 0) is 10.0 Å². The number of carbonyl (C=O) groups is 1. The number of aryl methyl sites for hydroxylation is 1. The maximum atomic E-state index is 13.2. The molecule has 0 fully saturated rings. The van der Waals surface area contributed by atoms with Crippen LogP contribution in [0.3, 0.4) is 0 Å². The van der Waals surface area contributed by atoms with Gasteiger partial charge in [-0.2, -0.15) is 0 Å². The number of hydrogen-bond donors (Lipinski definition) is 1. The van der Waals surface area contributed by atoms with Crippen LogP contribution in [0, 0.1) is 6.92 Å². The van der Waals surface area contributed by atoms with Crippen molar-refractivity contribution in [1.29, 1.82) is 0 Å². The standard InChI is InChI=1S/C24H26N2O4S/c1-17(2)30-23-15-8-6-13-21(23)25-24(27)19-11-9-12-20(16-19)31(28,29)26(4)22-14-7-5-10-18(22)3/h5-17H,1-4H3,(H,25,27). The highest BCUT2D eigenvalue weighted by Crippen LogP contribution is 2.27. The van der Waals surface area contributed by atoms with Crippen LogP contribution in [0.15, 0.2) is 77.7 Å². The number of sulfonamides is 1. The summed E-state index contributed by atoms with van der Waals surface area (Å²) in [7, 11) is -2.33. The monoisotopic (exact) mass is 438 g/mol. The fourth-order valence-corrected chi connectivity index (χ4v) is 4.43. The molecule has 0 saturated carbocycles. The van der Waals surface area contributed by atoms with Gasteiger partial charge in [0.2, 0.25) is 0 Å². The van der Waals surface area contributed by atoms with Crippen molar-refractivity contribution in [3.05, 3.63) is 83.9 Å². The first-order valence-corrected chi connectivity index (χ1v) is 11.4. The Bertz CT molecular complexity index is 1190. The average molecular weight is 439 g/mol. The van der Waals surface area contributed by atoms with Crippen LogP contribution in [0.25, 0.3) is 0 Å². The number of rotatable bonds is 7. The molecule has 0 unspecified atom stereocenters. The summed E-state index contributed by atoms with van der Waals surface area (Å²) < 4.78 is 33.3. The van der Waals surface area contributed by atoms with Crippen molar-refractivity contribution < 1.29 is 17.9 Å². The predicted molar refractivity (Wildman–Crippen MR) is 123 cm³/mol. The van der Waals surface area contributed by atoms with Crippen LogP contribution in [0.4, 0.5) is 11.4 Å². The topological polar surface area (TPSA) is 75.7 Å². The SMILES string of the molecule is Cc1ccccc1N(C)S(=O)(=O)c1cccc(C(=O)Nc2ccccc2OC(C)C)c1. The fourth-order valence-electron chi connectivity index (χ4n) is 3.12. The molecule has 0 aromatic heterocycles. The van der Waals surface area contributed by atoms with Gasteiger partial charge in [0, 0.05) is 12.6 Å². The maximum Gasteiger partial charge on any atom is 0.264 e. The summed E-state index contributed by atoms with van der Waals surface area (Å²) in [6.45, 7) is 5.65. The minimum Gasteiger partial charge on any atom is -0.489 e. The second-order valence-corrected chi connectivity index (χ2v) is 9.37. The van der Waals surface area contributed by atoms with Gasteiger partial charge in [-0.15, -0.1) is 0 Å². The molecule has 3 aromatic rings. The molecule has 1 amide bonds. The van der Waals surface area contributed by atoms with Gasteiger partial charge in [-0.1, -0.05) is 36.4 Å². The number of carbonyl (C=O) groups excluding carboxylic acids is 1. The Morgan fingerprint density at radius 3 is 2.35 bits per heavy atom. The maximum absolute atomic E-state index is 13.2. The molecule has 6 nitrogen and oxygen atoms in total. The van der Waals surface area contributed by atoms with Crippen molar-refractivity contribution in [2.24, 2.45) is 0 Å². The van der Waals surface area contributed by atoms with E-state index < -0.39 is 15.9 Å². The molecule has 31 heavy (non-hydrogen) atoms. The highest BCUT2D eigenvalue weighted by molar-refractivity contribution is 7.92. The number of amides is 1. The third-order valence-corrected chi connectivity index (χ3v) is 6.47. The van der Waals surface area contributed by atoms with Gasteiger partial charge in [-0.25, -0.2) is 8.42 Å². The second-order valence-electron chi connectivity index (χ2n) is 7.40. The summed E-state index contributed by atoms with van der Waals surface area (Å²) in [6, 6.07) is 20.4. The van der Waals surface area contributed by atoms with Gasteiger partial charge in [-0.3, -0.25) is 9.10 Å².